The minimum Gasteiger partial charge on any atom is -0.385 e. The Bertz CT molecular complexity index is 374. The van der Waals surface area contributed by atoms with Crippen molar-refractivity contribution in [3.63, 3.8) is 0 Å². The van der Waals surface area contributed by atoms with Crippen LogP contribution >= 0.6 is 0 Å². The van der Waals surface area contributed by atoms with Crippen LogP contribution in [0.1, 0.15) is 5.56 Å². The van der Waals surface area contributed by atoms with Crippen LogP contribution in [0.2, 0.25) is 0 Å². The summed E-state index contributed by atoms with van der Waals surface area (Å²) in [6.07, 6.45) is -1.67. The quantitative estimate of drug-likeness (QED) is 0.695. The van der Waals surface area contributed by atoms with Crippen LogP contribution in [0.4, 0.5) is 0 Å². The number of aliphatic hydroxyl groups excluding tert-OH is 2. The Kier molecular flexibility index (Phi) is 2.26. The third kappa shape index (κ3) is 1.46. The summed E-state index contributed by atoms with van der Waals surface area (Å²) in [5, 5.41) is 19.2. The molecule has 0 bridgehead atoms. The van der Waals surface area contributed by atoms with Gasteiger partial charge in [0.1, 0.15) is 11.7 Å². The molecular formula is C12H14O4. The topological polar surface area (TPSA) is 62.2 Å². The zero-order chi connectivity index (χ0) is 11.2. The van der Waals surface area contributed by atoms with Crippen LogP contribution in [0.5, 0.6) is 0 Å². The zero-order valence-corrected chi connectivity index (χ0v) is 8.74. The van der Waals surface area contributed by atoms with Gasteiger partial charge >= 0.3 is 0 Å². The molecule has 2 saturated heterocycles. The fourth-order valence-electron chi connectivity index (χ4n) is 2.28. The van der Waals surface area contributed by atoms with Crippen LogP contribution in [0.15, 0.2) is 30.3 Å². The Morgan fingerprint density at radius 3 is 2.56 bits per heavy atom. The second-order valence-electron chi connectivity index (χ2n) is 4.39. The highest BCUT2D eigenvalue weighted by Gasteiger charge is 2.65. The smallest absolute Gasteiger partial charge is 0.184 e. The number of ether oxygens (including phenoxy) is 2. The molecule has 4 nitrogen and oxygen atoms in total. The normalized spacial score (nSPS) is 41.5. The lowest BCUT2D eigenvalue weighted by atomic mass is 9.94. The molecule has 2 fully saturated rings. The maximum atomic E-state index is 9.74. The molecule has 0 radical (unpaired) electrons. The monoisotopic (exact) mass is 222 g/mol. The Morgan fingerprint density at radius 2 is 1.94 bits per heavy atom. The minimum absolute atomic E-state index is 0.264. The van der Waals surface area contributed by atoms with E-state index in [1.165, 1.54) is 0 Å². The van der Waals surface area contributed by atoms with Crippen molar-refractivity contribution >= 4 is 0 Å². The Hall–Kier alpha value is -0.940. The van der Waals surface area contributed by atoms with Crippen LogP contribution in [0, 0.1) is 0 Å². The number of aliphatic hydroxyl groups is 2. The van der Waals surface area contributed by atoms with E-state index in [2.05, 4.69) is 0 Å². The minimum atomic E-state index is -1.13. The molecule has 0 saturated carbocycles. The molecule has 4 atom stereocenters. The SMILES string of the molecule is OC1O[C@H](Cc2ccccc2)[C@]2(CO2)[C@H]1O. The van der Waals surface area contributed by atoms with E-state index in [0.29, 0.717) is 13.0 Å². The van der Waals surface area contributed by atoms with Gasteiger partial charge in [-0.05, 0) is 5.56 Å². The van der Waals surface area contributed by atoms with E-state index in [9.17, 15) is 10.2 Å². The number of epoxide rings is 1. The first-order valence-corrected chi connectivity index (χ1v) is 5.42. The van der Waals surface area contributed by atoms with E-state index in [-0.39, 0.29) is 6.10 Å². The number of rotatable bonds is 2. The highest BCUT2D eigenvalue weighted by Crippen LogP contribution is 2.44. The van der Waals surface area contributed by atoms with Crippen molar-refractivity contribution in [3.8, 4) is 0 Å². The van der Waals surface area contributed by atoms with Gasteiger partial charge in [0.15, 0.2) is 6.29 Å². The second-order valence-corrected chi connectivity index (χ2v) is 4.39. The predicted octanol–water partition coefficient (Wildman–Crippen LogP) is 0.0762. The summed E-state index contributed by atoms with van der Waals surface area (Å²) in [6.45, 7) is 0.461. The largest absolute Gasteiger partial charge is 0.385 e. The molecule has 3 rings (SSSR count). The van der Waals surface area contributed by atoms with E-state index < -0.39 is 18.0 Å². The molecule has 16 heavy (non-hydrogen) atoms. The molecule has 4 heteroatoms. The average molecular weight is 222 g/mol. The van der Waals surface area contributed by atoms with Crippen molar-refractivity contribution in [2.45, 2.75) is 30.5 Å². The second kappa shape index (κ2) is 3.53. The first-order chi connectivity index (χ1) is 7.72. The lowest BCUT2D eigenvalue weighted by Gasteiger charge is -2.15. The molecule has 1 unspecified atom stereocenters. The molecule has 2 N–H and O–H groups in total. The highest BCUT2D eigenvalue weighted by atomic mass is 16.7. The Balaban J connectivity index is 1.77. The fraction of sp³-hybridized carbons (Fsp3) is 0.500. The number of benzene rings is 1. The molecule has 0 aromatic heterocycles. The van der Waals surface area contributed by atoms with Gasteiger partial charge in [0.05, 0.1) is 12.7 Å². The number of hydrogen-bond acceptors (Lipinski definition) is 4. The Morgan fingerprint density at radius 1 is 1.25 bits per heavy atom. The summed E-state index contributed by atoms with van der Waals surface area (Å²) < 4.78 is 10.6. The molecule has 2 aliphatic rings. The maximum absolute atomic E-state index is 9.74. The third-order valence-corrected chi connectivity index (χ3v) is 3.36. The Labute approximate surface area is 93.4 Å². The van der Waals surface area contributed by atoms with Gasteiger partial charge in [-0.1, -0.05) is 30.3 Å². The van der Waals surface area contributed by atoms with Gasteiger partial charge in [-0.25, -0.2) is 0 Å². The summed E-state index contributed by atoms with van der Waals surface area (Å²) >= 11 is 0. The molecule has 0 amide bonds. The van der Waals surface area contributed by atoms with Crippen LogP contribution in [0.25, 0.3) is 0 Å². The fourth-order valence-corrected chi connectivity index (χ4v) is 2.28. The molecule has 86 valence electrons. The van der Waals surface area contributed by atoms with Crippen LogP contribution in [-0.4, -0.2) is 40.9 Å². The summed E-state index contributed by atoms with van der Waals surface area (Å²) in [5.41, 5.74) is 0.443. The summed E-state index contributed by atoms with van der Waals surface area (Å²) in [6, 6.07) is 9.86. The van der Waals surface area contributed by atoms with E-state index in [4.69, 9.17) is 9.47 Å². The van der Waals surface area contributed by atoms with Gasteiger partial charge in [-0.15, -0.1) is 0 Å². The van der Waals surface area contributed by atoms with Gasteiger partial charge in [-0.2, -0.15) is 0 Å². The van der Waals surface area contributed by atoms with Gasteiger partial charge in [0, 0.05) is 6.42 Å². The molecule has 2 aliphatic heterocycles. The van der Waals surface area contributed by atoms with Crippen molar-refractivity contribution in [3.05, 3.63) is 35.9 Å². The first kappa shape index (κ1) is 10.2. The van der Waals surface area contributed by atoms with Crippen molar-refractivity contribution in [1.82, 2.24) is 0 Å². The summed E-state index contributed by atoms with van der Waals surface area (Å²) in [4.78, 5) is 0. The molecule has 1 aromatic carbocycles. The molecule has 1 spiro atoms. The van der Waals surface area contributed by atoms with Gasteiger partial charge in [-0.3, -0.25) is 0 Å². The van der Waals surface area contributed by atoms with Gasteiger partial charge < -0.3 is 19.7 Å². The summed E-state index contributed by atoms with van der Waals surface area (Å²) in [7, 11) is 0. The zero-order valence-electron chi connectivity index (χ0n) is 8.74. The van der Waals surface area contributed by atoms with E-state index >= 15 is 0 Å². The van der Waals surface area contributed by atoms with Crippen molar-refractivity contribution < 1.29 is 19.7 Å². The predicted molar refractivity (Wildman–Crippen MR) is 55.7 cm³/mol. The highest BCUT2D eigenvalue weighted by molar-refractivity contribution is 5.20. The van der Waals surface area contributed by atoms with E-state index in [1.807, 2.05) is 30.3 Å². The maximum Gasteiger partial charge on any atom is 0.184 e. The molecule has 1 aromatic rings. The van der Waals surface area contributed by atoms with Gasteiger partial charge in [0.25, 0.3) is 0 Å². The van der Waals surface area contributed by atoms with Crippen LogP contribution in [-0.2, 0) is 15.9 Å². The van der Waals surface area contributed by atoms with Crippen molar-refractivity contribution in [2.24, 2.45) is 0 Å². The van der Waals surface area contributed by atoms with Crippen molar-refractivity contribution in [1.29, 1.82) is 0 Å². The standard InChI is InChI=1S/C12H14O4/c13-10-11(14)16-9(12(10)7-15-12)6-8-4-2-1-3-5-8/h1-5,9-11,13-14H,6-7H2/t9-,10+,11?,12-/m1/s1. The molecular weight excluding hydrogens is 208 g/mol. The molecule has 2 heterocycles. The molecule has 0 aliphatic carbocycles. The average Bonchev–Trinajstić information content (AvgIpc) is 3.06. The van der Waals surface area contributed by atoms with Crippen LogP contribution < -0.4 is 0 Å². The first-order valence-electron chi connectivity index (χ1n) is 5.42. The lowest BCUT2D eigenvalue weighted by molar-refractivity contribution is -0.126. The van der Waals surface area contributed by atoms with Crippen molar-refractivity contribution in [2.75, 3.05) is 6.61 Å². The van der Waals surface area contributed by atoms with E-state index in [1.54, 1.807) is 0 Å². The van der Waals surface area contributed by atoms with Gasteiger partial charge in [0.2, 0.25) is 0 Å². The summed E-state index contributed by atoms with van der Waals surface area (Å²) in [5.74, 6) is 0. The van der Waals surface area contributed by atoms with E-state index in [0.717, 1.165) is 5.56 Å². The third-order valence-electron chi connectivity index (χ3n) is 3.36. The van der Waals surface area contributed by atoms with Crippen LogP contribution in [0.3, 0.4) is 0 Å². The lowest BCUT2D eigenvalue weighted by Crippen LogP contribution is -2.37. The number of hydrogen-bond donors (Lipinski definition) is 2.